The van der Waals surface area contributed by atoms with Crippen molar-refractivity contribution in [1.82, 2.24) is 0 Å². The molecule has 2 rings (SSSR count). The molecule has 1 unspecified atom stereocenters. The van der Waals surface area contributed by atoms with E-state index in [0.29, 0.717) is 6.42 Å². The number of benzene rings is 1. The summed E-state index contributed by atoms with van der Waals surface area (Å²) in [4.78, 5) is 1.26. The van der Waals surface area contributed by atoms with Crippen LogP contribution in [0.5, 0.6) is 0 Å². The molecular formula is C13H13FOS. The van der Waals surface area contributed by atoms with Gasteiger partial charge in [0, 0.05) is 4.88 Å². The Kier molecular flexibility index (Phi) is 3.70. The molecule has 0 saturated heterocycles. The van der Waals surface area contributed by atoms with Crippen LogP contribution in [0.1, 0.15) is 23.0 Å². The van der Waals surface area contributed by atoms with E-state index in [4.69, 9.17) is 0 Å². The van der Waals surface area contributed by atoms with Gasteiger partial charge in [0.05, 0.1) is 6.10 Å². The van der Waals surface area contributed by atoms with Crippen molar-refractivity contribution in [3.63, 3.8) is 0 Å². The Morgan fingerprint density at radius 1 is 1.19 bits per heavy atom. The van der Waals surface area contributed by atoms with Gasteiger partial charge in [0.1, 0.15) is 5.82 Å². The maximum Gasteiger partial charge on any atom is 0.123 e. The topological polar surface area (TPSA) is 20.2 Å². The van der Waals surface area contributed by atoms with Gasteiger partial charge in [-0.25, -0.2) is 4.39 Å². The number of hydrogen-bond donors (Lipinski definition) is 1. The monoisotopic (exact) mass is 236 g/mol. The number of thiophene rings is 1. The van der Waals surface area contributed by atoms with E-state index in [-0.39, 0.29) is 5.82 Å². The maximum absolute atomic E-state index is 12.7. The Labute approximate surface area is 98.2 Å². The lowest BCUT2D eigenvalue weighted by molar-refractivity contribution is 0.168. The molecule has 1 atom stereocenters. The zero-order valence-electron chi connectivity index (χ0n) is 8.77. The predicted molar refractivity (Wildman–Crippen MR) is 64.0 cm³/mol. The van der Waals surface area contributed by atoms with E-state index in [2.05, 4.69) is 6.07 Å². The van der Waals surface area contributed by atoms with Gasteiger partial charge in [-0.2, -0.15) is 0 Å². The molecule has 84 valence electrons. The molecule has 0 aliphatic heterocycles. The van der Waals surface area contributed by atoms with Crippen molar-refractivity contribution in [3.8, 4) is 0 Å². The highest BCUT2D eigenvalue weighted by Crippen LogP contribution is 2.21. The number of aliphatic hydroxyl groups is 1. The fraction of sp³-hybridized carbons (Fsp3) is 0.231. The molecule has 1 heterocycles. The summed E-state index contributed by atoms with van der Waals surface area (Å²) in [6.07, 6.45) is 1.02. The number of rotatable bonds is 4. The molecule has 3 heteroatoms. The van der Waals surface area contributed by atoms with Crippen molar-refractivity contribution in [3.05, 3.63) is 58.0 Å². The first-order chi connectivity index (χ1) is 7.75. The quantitative estimate of drug-likeness (QED) is 0.860. The van der Waals surface area contributed by atoms with Crippen molar-refractivity contribution in [2.24, 2.45) is 0 Å². The van der Waals surface area contributed by atoms with E-state index in [1.807, 2.05) is 11.4 Å². The summed E-state index contributed by atoms with van der Waals surface area (Å²) in [5.41, 5.74) is 0.776. The Balaban J connectivity index is 1.93. The van der Waals surface area contributed by atoms with Gasteiger partial charge in [0.25, 0.3) is 0 Å². The molecule has 1 aromatic carbocycles. The van der Waals surface area contributed by atoms with Gasteiger partial charge in [-0.15, -0.1) is 11.3 Å². The molecule has 0 amide bonds. The molecule has 1 nitrogen and oxygen atoms in total. The predicted octanol–water partition coefficient (Wildman–Crippen LogP) is 3.55. The summed E-state index contributed by atoms with van der Waals surface area (Å²) in [5.74, 6) is -0.269. The lowest BCUT2D eigenvalue weighted by atomic mass is 10.0. The summed E-state index contributed by atoms with van der Waals surface area (Å²) < 4.78 is 12.7. The van der Waals surface area contributed by atoms with Crippen molar-refractivity contribution >= 4 is 11.3 Å². The Morgan fingerprint density at radius 3 is 2.56 bits per heavy atom. The van der Waals surface area contributed by atoms with Crippen LogP contribution in [0.15, 0.2) is 41.8 Å². The first-order valence-corrected chi connectivity index (χ1v) is 6.09. The minimum Gasteiger partial charge on any atom is -0.388 e. The van der Waals surface area contributed by atoms with Gasteiger partial charge in [-0.3, -0.25) is 0 Å². The summed E-state index contributed by atoms with van der Waals surface area (Å²) in [6, 6.07) is 10.1. The van der Waals surface area contributed by atoms with E-state index >= 15 is 0 Å². The van der Waals surface area contributed by atoms with Crippen molar-refractivity contribution in [1.29, 1.82) is 0 Å². The number of halogens is 1. The van der Waals surface area contributed by atoms with Crippen LogP contribution >= 0.6 is 11.3 Å². The highest BCUT2D eigenvalue weighted by molar-refractivity contribution is 7.09. The van der Waals surface area contributed by atoms with Crippen LogP contribution in [-0.4, -0.2) is 5.11 Å². The van der Waals surface area contributed by atoms with Crippen LogP contribution in [0, 0.1) is 5.82 Å². The average Bonchev–Trinajstić information content (AvgIpc) is 2.80. The van der Waals surface area contributed by atoms with E-state index in [9.17, 15) is 9.50 Å². The molecule has 2 aromatic rings. The molecule has 1 aromatic heterocycles. The third kappa shape index (κ3) is 2.90. The molecule has 0 radical (unpaired) electrons. The van der Waals surface area contributed by atoms with E-state index in [0.717, 1.165) is 12.0 Å². The highest BCUT2D eigenvalue weighted by atomic mass is 32.1. The molecule has 0 bridgehead atoms. The van der Waals surface area contributed by atoms with Crippen LogP contribution < -0.4 is 0 Å². The summed E-state index contributed by atoms with van der Waals surface area (Å²) in [7, 11) is 0. The van der Waals surface area contributed by atoms with Crippen LogP contribution in [0.3, 0.4) is 0 Å². The fourth-order valence-electron chi connectivity index (χ4n) is 1.59. The van der Waals surface area contributed by atoms with Gasteiger partial charge < -0.3 is 5.11 Å². The molecule has 0 spiro atoms. The number of hydrogen-bond acceptors (Lipinski definition) is 2. The van der Waals surface area contributed by atoms with Crippen LogP contribution in [-0.2, 0) is 6.42 Å². The van der Waals surface area contributed by atoms with Crippen molar-refractivity contribution in [2.45, 2.75) is 18.9 Å². The minimum absolute atomic E-state index is 0.269. The summed E-state index contributed by atoms with van der Waals surface area (Å²) >= 11 is 1.69. The summed E-state index contributed by atoms with van der Waals surface area (Å²) in [6.45, 7) is 0. The van der Waals surface area contributed by atoms with Gasteiger partial charge in [-0.05, 0) is 42.0 Å². The molecule has 0 aliphatic carbocycles. The van der Waals surface area contributed by atoms with Crippen molar-refractivity contribution in [2.75, 3.05) is 0 Å². The largest absolute Gasteiger partial charge is 0.388 e. The van der Waals surface area contributed by atoms with Gasteiger partial charge >= 0.3 is 0 Å². The number of aliphatic hydroxyl groups excluding tert-OH is 1. The van der Waals surface area contributed by atoms with Crippen LogP contribution in [0.2, 0.25) is 0 Å². The SMILES string of the molecule is OC(CCc1cccs1)c1ccc(F)cc1. The lowest BCUT2D eigenvalue weighted by Crippen LogP contribution is -1.98. The third-order valence-electron chi connectivity index (χ3n) is 2.50. The van der Waals surface area contributed by atoms with Crippen LogP contribution in [0.25, 0.3) is 0 Å². The molecule has 0 saturated carbocycles. The molecule has 16 heavy (non-hydrogen) atoms. The molecule has 0 aliphatic rings. The molecular weight excluding hydrogens is 223 g/mol. The third-order valence-corrected chi connectivity index (χ3v) is 3.44. The maximum atomic E-state index is 12.7. The highest BCUT2D eigenvalue weighted by Gasteiger charge is 2.07. The Bertz CT molecular complexity index is 422. The number of aryl methyl sites for hydroxylation is 1. The second kappa shape index (κ2) is 5.23. The van der Waals surface area contributed by atoms with E-state index in [1.165, 1.54) is 17.0 Å². The first kappa shape index (κ1) is 11.3. The van der Waals surface area contributed by atoms with Crippen molar-refractivity contribution < 1.29 is 9.50 Å². The normalized spacial score (nSPS) is 12.6. The standard InChI is InChI=1S/C13H13FOS/c14-11-5-3-10(4-6-11)13(15)8-7-12-2-1-9-16-12/h1-6,9,13,15H,7-8H2. The Morgan fingerprint density at radius 2 is 1.94 bits per heavy atom. The van der Waals surface area contributed by atoms with Crippen LogP contribution in [0.4, 0.5) is 4.39 Å². The second-order valence-corrected chi connectivity index (χ2v) is 4.72. The Hall–Kier alpha value is -1.19. The smallest absolute Gasteiger partial charge is 0.123 e. The first-order valence-electron chi connectivity index (χ1n) is 5.21. The summed E-state index contributed by atoms with van der Waals surface area (Å²) in [5, 5.41) is 11.9. The van der Waals surface area contributed by atoms with Gasteiger partial charge in [0.15, 0.2) is 0 Å². The fourth-order valence-corrected chi connectivity index (χ4v) is 2.31. The molecule has 0 fully saturated rings. The second-order valence-electron chi connectivity index (χ2n) is 3.69. The van der Waals surface area contributed by atoms with Gasteiger partial charge in [0.2, 0.25) is 0 Å². The zero-order chi connectivity index (χ0) is 11.4. The average molecular weight is 236 g/mol. The van der Waals surface area contributed by atoms with E-state index < -0.39 is 6.10 Å². The lowest BCUT2D eigenvalue weighted by Gasteiger charge is -2.09. The van der Waals surface area contributed by atoms with Gasteiger partial charge in [-0.1, -0.05) is 18.2 Å². The minimum atomic E-state index is -0.511. The van der Waals surface area contributed by atoms with E-state index in [1.54, 1.807) is 23.5 Å². The molecule has 1 N–H and O–H groups in total. The zero-order valence-corrected chi connectivity index (χ0v) is 9.58.